The molecule has 0 aromatic carbocycles. The number of hydrogen-bond acceptors (Lipinski definition) is 6. The molecule has 2 rings (SSSR count). The van der Waals surface area contributed by atoms with Crippen LogP contribution in [0.4, 0.5) is 11.8 Å². The van der Waals surface area contributed by atoms with Crippen LogP contribution < -0.4 is 10.6 Å². The zero-order valence-electron chi connectivity index (χ0n) is 10.3. The Labute approximate surface area is 101 Å². The van der Waals surface area contributed by atoms with E-state index in [1.807, 2.05) is 0 Å². The number of nitrogens with zero attached hydrogens (tertiary/aromatic N) is 3. The molecule has 1 aromatic heterocycles. The van der Waals surface area contributed by atoms with Gasteiger partial charge in [0, 0.05) is 19.2 Å². The molecule has 1 atom stereocenters. The Morgan fingerprint density at radius 3 is 3.12 bits per heavy atom. The van der Waals surface area contributed by atoms with E-state index in [-0.39, 0.29) is 6.10 Å². The molecule has 1 saturated heterocycles. The average Bonchev–Trinajstić information content (AvgIpc) is 2.79. The third-order valence-electron chi connectivity index (χ3n) is 2.51. The molecular formula is C11H19N5O. The number of rotatable bonds is 5. The van der Waals surface area contributed by atoms with Crippen molar-refractivity contribution in [1.29, 1.82) is 0 Å². The lowest BCUT2D eigenvalue weighted by atomic mass is 10.2. The van der Waals surface area contributed by atoms with Gasteiger partial charge in [0.05, 0.1) is 12.3 Å². The largest absolute Gasteiger partial charge is 0.376 e. The molecule has 0 amide bonds. The second-order valence-corrected chi connectivity index (χ2v) is 4.48. The van der Waals surface area contributed by atoms with Gasteiger partial charge in [-0.05, 0) is 26.7 Å². The summed E-state index contributed by atoms with van der Waals surface area (Å²) in [6.07, 6.45) is 4.14. The van der Waals surface area contributed by atoms with Crippen LogP contribution in [0.15, 0.2) is 6.20 Å². The van der Waals surface area contributed by atoms with Crippen molar-refractivity contribution >= 4 is 11.8 Å². The van der Waals surface area contributed by atoms with Gasteiger partial charge in [-0.1, -0.05) is 0 Å². The van der Waals surface area contributed by atoms with Gasteiger partial charge in [-0.3, -0.25) is 0 Å². The highest BCUT2D eigenvalue weighted by molar-refractivity contribution is 5.37. The first kappa shape index (κ1) is 12.0. The minimum Gasteiger partial charge on any atom is -0.376 e. The molecule has 0 bridgehead atoms. The number of nitrogens with one attached hydrogen (secondary N) is 2. The molecule has 6 nitrogen and oxygen atoms in total. The minimum atomic E-state index is 0.278. The van der Waals surface area contributed by atoms with Gasteiger partial charge in [0.2, 0.25) is 5.95 Å². The highest BCUT2D eigenvalue weighted by atomic mass is 16.5. The van der Waals surface area contributed by atoms with Crippen molar-refractivity contribution in [3.8, 4) is 0 Å². The van der Waals surface area contributed by atoms with Gasteiger partial charge in [-0.15, -0.1) is 5.10 Å². The Morgan fingerprint density at radius 2 is 2.41 bits per heavy atom. The molecule has 0 spiro atoms. The van der Waals surface area contributed by atoms with Crippen molar-refractivity contribution in [2.24, 2.45) is 0 Å². The van der Waals surface area contributed by atoms with Crippen LogP contribution in [0.1, 0.15) is 26.7 Å². The van der Waals surface area contributed by atoms with E-state index in [2.05, 4.69) is 39.7 Å². The maximum Gasteiger partial charge on any atom is 0.244 e. The van der Waals surface area contributed by atoms with Crippen LogP contribution >= 0.6 is 0 Å². The van der Waals surface area contributed by atoms with E-state index in [0.717, 1.165) is 31.8 Å². The summed E-state index contributed by atoms with van der Waals surface area (Å²) < 4.78 is 5.52. The molecule has 2 heterocycles. The molecule has 1 aliphatic rings. The molecule has 1 fully saturated rings. The Hall–Kier alpha value is -1.43. The van der Waals surface area contributed by atoms with E-state index in [9.17, 15) is 0 Å². The number of hydrogen-bond donors (Lipinski definition) is 2. The highest BCUT2D eigenvalue weighted by Crippen LogP contribution is 2.12. The van der Waals surface area contributed by atoms with E-state index in [1.54, 1.807) is 6.20 Å². The number of anilines is 2. The fourth-order valence-corrected chi connectivity index (χ4v) is 1.75. The summed E-state index contributed by atoms with van der Waals surface area (Å²) in [5.41, 5.74) is 0. The predicted octanol–water partition coefficient (Wildman–Crippen LogP) is 1.28. The van der Waals surface area contributed by atoms with Crippen LogP contribution in [0.5, 0.6) is 0 Å². The normalized spacial score (nSPS) is 19.6. The number of aromatic nitrogens is 3. The predicted molar refractivity (Wildman–Crippen MR) is 66.0 cm³/mol. The number of ether oxygens (including phenoxy) is 1. The Balaban J connectivity index is 1.86. The van der Waals surface area contributed by atoms with Gasteiger partial charge in [0.15, 0.2) is 5.82 Å². The molecule has 1 aliphatic heterocycles. The Morgan fingerprint density at radius 1 is 1.53 bits per heavy atom. The van der Waals surface area contributed by atoms with Crippen LogP contribution in [0.2, 0.25) is 0 Å². The van der Waals surface area contributed by atoms with Crippen molar-refractivity contribution in [3.05, 3.63) is 6.20 Å². The fraction of sp³-hybridized carbons (Fsp3) is 0.727. The SMILES string of the molecule is CC(C)Nc1cnnc(NCC2CCCO2)n1. The highest BCUT2D eigenvalue weighted by Gasteiger charge is 2.15. The topological polar surface area (TPSA) is 72.0 Å². The van der Waals surface area contributed by atoms with E-state index in [0.29, 0.717) is 12.0 Å². The summed E-state index contributed by atoms with van der Waals surface area (Å²) in [7, 11) is 0. The molecule has 1 unspecified atom stereocenters. The Bertz CT molecular complexity index is 351. The monoisotopic (exact) mass is 237 g/mol. The molecule has 2 N–H and O–H groups in total. The molecule has 0 saturated carbocycles. The van der Waals surface area contributed by atoms with Gasteiger partial charge >= 0.3 is 0 Å². The summed E-state index contributed by atoms with van der Waals surface area (Å²) in [4.78, 5) is 4.32. The first-order chi connectivity index (χ1) is 8.24. The molecule has 17 heavy (non-hydrogen) atoms. The second kappa shape index (κ2) is 5.77. The van der Waals surface area contributed by atoms with Crippen molar-refractivity contribution in [2.45, 2.75) is 38.8 Å². The van der Waals surface area contributed by atoms with E-state index < -0.39 is 0 Å². The average molecular weight is 237 g/mol. The minimum absolute atomic E-state index is 0.278. The Kier molecular flexibility index (Phi) is 4.08. The van der Waals surface area contributed by atoms with Crippen LogP contribution in [-0.4, -0.2) is 40.5 Å². The van der Waals surface area contributed by atoms with Crippen molar-refractivity contribution in [2.75, 3.05) is 23.8 Å². The maximum atomic E-state index is 5.52. The molecule has 0 radical (unpaired) electrons. The van der Waals surface area contributed by atoms with Gasteiger partial charge in [-0.25, -0.2) is 0 Å². The summed E-state index contributed by atoms with van der Waals surface area (Å²) in [5, 5.41) is 14.2. The van der Waals surface area contributed by atoms with Crippen LogP contribution in [0.25, 0.3) is 0 Å². The van der Waals surface area contributed by atoms with Crippen LogP contribution in [0.3, 0.4) is 0 Å². The standard InChI is InChI=1S/C11H19N5O/c1-8(2)14-10-7-13-16-11(15-10)12-6-9-4-3-5-17-9/h7-9H,3-6H2,1-2H3,(H2,12,14,15,16). The van der Waals surface area contributed by atoms with Gasteiger partial charge in [0.1, 0.15) is 0 Å². The van der Waals surface area contributed by atoms with Crippen LogP contribution in [0, 0.1) is 0 Å². The van der Waals surface area contributed by atoms with Crippen molar-refractivity contribution in [3.63, 3.8) is 0 Å². The van der Waals surface area contributed by atoms with Gasteiger partial charge < -0.3 is 15.4 Å². The fourth-order valence-electron chi connectivity index (χ4n) is 1.75. The second-order valence-electron chi connectivity index (χ2n) is 4.48. The lowest BCUT2D eigenvalue weighted by molar-refractivity contribution is 0.120. The molecular weight excluding hydrogens is 218 g/mol. The van der Waals surface area contributed by atoms with Crippen LogP contribution in [-0.2, 0) is 4.74 Å². The van der Waals surface area contributed by atoms with E-state index in [1.165, 1.54) is 0 Å². The summed E-state index contributed by atoms with van der Waals surface area (Å²) >= 11 is 0. The lowest BCUT2D eigenvalue weighted by Gasteiger charge is -2.12. The molecule has 1 aromatic rings. The summed E-state index contributed by atoms with van der Waals surface area (Å²) in [6, 6.07) is 0.331. The first-order valence-electron chi connectivity index (χ1n) is 6.06. The zero-order chi connectivity index (χ0) is 12.1. The first-order valence-corrected chi connectivity index (χ1v) is 6.06. The summed E-state index contributed by atoms with van der Waals surface area (Å²) in [6.45, 7) is 5.72. The summed E-state index contributed by atoms with van der Waals surface area (Å²) in [5.74, 6) is 1.29. The smallest absolute Gasteiger partial charge is 0.244 e. The van der Waals surface area contributed by atoms with E-state index in [4.69, 9.17) is 4.74 Å². The van der Waals surface area contributed by atoms with Crippen molar-refractivity contribution < 1.29 is 4.74 Å². The third-order valence-corrected chi connectivity index (χ3v) is 2.51. The van der Waals surface area contributed by atoms with Gasteiger partial charge in [-0.2, -0.15) is 10.1 Å². The lowest BCUT2D eigenvalue weighted by Crippen LogP contribution is -2.20. The quantitative estimate of drug-likeness (QED) is 0.804. The van der Waals surface area contributed by atoms with E-state index >= 15 is 0 Å². The van der Waals surface area contributed by atoms with Crippen molar-refractivity contribution in [1.82, 2.24) is 15.2 Å². The molecule has 6 heteroatoms. The molecule has 94 valence electrons. The van der Waals surface area contributed by atoms with Gasteiger partial charge in [0.25, 0.3) is 0 Å². The molecule has 0 aliphatic carbocycles. The zero-order valence-corrected chi connectivity index (χ0v) is 10.3. The maximum absolute atomic E-state index is 5.52. The third kappa shape index (κ3) is 3.81.